The molecule has 0 saturated heterocycles. The molecule has 19 heavy (non-hydrogen) atoms. The molecule has 5 nitrogen and oxygen atoms in total. The van der Waals surface area contributed by atoms with E-state index in [1.54, 1.807) is 0 Å². The summed E-state index contributed by atoms with van der Waals surface area (Å²) in [6.07, 6.45) is 1.40. The Bertz CT molecular complexity index is 886. The fraction of sp³-hybridized carbons (Fsp3) is 0. The van der Waals surface area contributed by atoms with Crippen LogP contribution in [0.25, 0.3) is 16.6 Å². The van der Waals surface area contributed by atoms with Crippen LogP contribution in [-0.2, 0) is 0 Å². The smallest absolute Gasteiger partial charge is 0.339 e. The monoisotopic (exact) mass is 258 g/mol. The van der Waals surface area contributed by atoms with Gasteiger partial charge in [-0.15, -0.1) is 0 Å². The zero-order valence-corrected chi connectivity index (χ0v) is 9.50. The van der Waals surface area contributed by atoms with E-state index < -0.39 is 17.3 Å². The Balaban J connectivity index is 2.57. The molecule has 2 heterocycles. The average Bonchev–Trinajstić information content (AvgIpc) is 2.39. The van der Waals surface area contributed by atoms with Gasteiger partial charge in [-0.1, -0.05) is 0 Å². The third kappa shape index (κ3) is 1.65. The van der Waals surface area contributed by atoms with Crippen LogP contribution in [0.3, 0.4) is 0 Å². The summed E-state index contributed by atoms with van der Waals surface area (Å²) in [7, 11) is 0. The quantitative estimate of drug-likeness (QED) is 0.674. The molecule has 6 heteroatoms. The van der Waals surface area contributed by atoms with Crippen LogP contribution in [0.4, 0.5) is 4.39 Å². The molecule has 1 N–H and O–H groups in total. The van der Waals surface area contributed by atoms with Gasteiger partial charge in [0.1, 0.15) is 11.4 Å². The lowest BCUT2D eigenvalue weighted by Gasteiger charge is -2.05. The summed E-state index contributed by atoms with van der Waals surface area (Å²) in [5.41, 5.74) is -0.271. The van der Waals surface area contributed by atoms with Crippen LogP contribution in [0.1, 0.15) is 10.4 Å². The second kappa shape index (κ2) is 3.88. The zero-order valence-electron chi connectivity index (χ0n) is 9.50. The highest BCUT2D eigenvalue weighted by Gasteiger charge is 2.13. The standard InChI is InChI=1S/C13H7FN2O3/c14-7-3-4-10-9(6-7)12(17)16-5-1-2-8(13(18)19)11(16)15-10/h1-6H,(H,18,19). The number of halogens is 1. The summed E-state index contributed by atoms with van der Waals surface area (Å²) in [6, 6.07) is 6.41. The predicted molar refractivity (Wildman–Crippen MR) is 65.9 cm³/mol. The first-order chi connectivity index (χ1) is 9.08. The number of hydrogen-bond donors (Lipinski definition) is 1. The fourth-order valence-electron chi connectivity index (χ4n) is 1.97. The third-order valence-electron chi connectivity index (χ3n) is 2.83. The summed E-state index contributed by atoms with van der Waals surface area (Å²) in [4.78, 5) is 27.4. The number of rotatable bonds is 1. The molecular formula is C13H7FN2O3. The minimum atomic E-state index is -1.17. The number of carboxylic acids is 1. The van der Waals surface area contributed by atoms with Gasteiger partial charge < -0.3 is 5.11 Å². The Hall–Kier alpha value is -2.76. The molecule has 0 spiro atoms. The van der Waals surface area contributed by atoms with Crippen LogP contribution in [0.2, 0.25) is 0 Å². The molecule has 0 aliphatic carbocycles. The van der Waals surface area contributed by atoms with Gasteiger partial charge in [-0.25, -0.2) is 14.2 Å². The van der Waals surface area contributed by atoms with Crippen molar-refractivity contribution in [1.82, 2.24) is 9.38 Å². The predicted octanol–water partition coefficient (Wildman–Crippen LogP) is 1.69. The van der Waals surface area contributed by atoms with E-state index in [1.807, 2.05) is 0 Å². The third-order valence-corrected chi connectivity index (χ3v) is 2.83. The average molecular weight is 258 g/mol. The molecule has 0 unspecified atom stereocenters. The fourth-order valence-corrected chi connectivity index (χ4v) is 1.97. The highest BCUT2D eigenvalue weighted by atomic mass is 19.1. The van der Waals surface area contributed by atoms with Crippen molar-refractivity contribution in [2.24, 2.45) is 0 Å². The van der Waals surface area contributed by atoms with Crippen molar-refractivity contribution >= 4 is 22.5 Å². The van der Waals surface area contributed by atoms with Crippen LogP contribution >= 0.6 is 0 Å². The number of aromatic carboxylic acids is 1. The van der Waals surface area contributed by atoms with E-state index in [0.717, 1.165) is 10.5 Å². The molecule has 0 radical (unpaired) electrons. The first-order valence-electron chi connectivity index (χ1n) is 5.42. The van der Waals surface area contributed by atoms with Gasteiger partial charge >= 0.3 is 5.97 Å². The SMILES string of the molecule is O=C(O)c1cccn2c(=O)c3cc(F)ccc3nc12. The molecule has 0 saturated carbocycles. The Morgan fingerprint density at radius 2 is 2.11 bits per heavy atom. The number of pyridine rings is 1. The van der Waals surface area contributed by atoms with Crippen molar-refractivity contribution in [3.05, 3.63) is 58.3 Å². The maximum atomic E-state index is 13.2. The van der Waals surface area contributed by atoms with Gasteiger partial charge in [0, 0.05) is 6.20 Å². The Labute approximate surface area is 105 Å². The van der Waals surface area contributed by atoms with E-state index >= 15 is 0 Å². The van der Waals surface area contributed by atoms with E-state index in [-0.39, 0.29) is 22.1 Å². The molecule has 0 amide bonds. The van der Waals surface area contributed by atoms with Gasteiger partial charge in [-0.05, 0) is 30.3 Å². The summed E-state index contributed by atoms with van der Waals surface area (Å²) < 4.78 is 14.3. The van der Waals surface area contributed by atoms with Gasteiger partial charge in [0.05, 0.1) is 10.9 Å². The lowest BCUT2D eigenvalue weighted by Crippen LogP contribution is -2.17. The molecule has 3 rings (SSSR count). The summed E-state index contributed by atoms with van der Waals surface area (Å²) in [6.45, 7) is 0. The lowest BCUT2D eigenvalue weighted by molar-refractivity contribution is 0.0698. The van der Waals surface area contributed by atoms with Crippen LogP contribution in [-0.4, -0.2) is 20.5 Å². The van der Waals surface area contributed by atoms with Crippen molar-refractivity contribution < 1.29 is 14.3 Å². The van der Waals surface area contributed by atoms with Gasteiger partial charge in [0.2, 0.25) is 0 Å². The van der Waals surface area contributed by atoms with Crippen LogP contribution < -0.4 is 5.56 Å². The van der Waals surface area contributed by atoms with Gasteiger partial charge in [0.25, 0.3) is 5.56 Å². The van der Waals surface area contributed by atoms with E-state index in [4.69, 9.17) is 5.11 Å². The van der Waals surface area contributed by atoms with Gasteiger partial charge in [-0.3, -0.25) is 9.20 Å². The molecule has 0 atom stereocenters. The summed E-state index contributed by atoms with van der Waals surface area (Å²) >= 11 is 0. The Kier molecular flexibility index (Phi) is 2.31. The lowest BCUT2D eigenvalue weighted by atomic mass is 10.2. The highest BCUT2D eigenvalue weighted by molar-refractivity contribution is 5.95. The maximum absolute atomic E-state index is 13.2. The number of carbonyl (C=O) groups is 1. The van der Waals surface area contributed by atoms with Crippen LogP contribution in [0.5, 0.6) is 0 Å². The van der Waals surface area contributed by atoms with E-state index in [9.17, 15) is 14.0 Å². The van der Waals surface area contributed by atoms with Crippen molar-refractivity contribution in [2.45, 2.75) is 0 Å². The number of aromatic nitrogens is 2. The molecule has 0 fully saturated rings. The largest absolute Gasteiger partial charge is 0.478 e. The van der Waals surface area contributed by atoms with E-state index in [2.05, 4.69) is 4.98 Å². The summed E-state index contributed by atoms with van der Waals surface area (Å²) in [5, 5.41) is 9.19. The second-order valence-corrected chi connectivity index (χ2v) is 4.00. The Morgan fingerprint density at radius 1 is 1.32 bits per heavy atom. The molecule has 1 aromatic carbocycles. The first kappa shape index (κ1) is 11.3. The van der Waals surface area contributed by atoms with Crippen molar-refractivity contribution in [2.75, 3.05) is 0 Å². The number of hydrogen-bond acceptors (Lipinski definition) is 3. The number of nitrogens with zero attached hydrogens (tertiary/aromatic N) is 2. The minimum absolute atomic E-state index is 0.0408. The number of benzene rings is 1. The van der Waals surface area contributed by atoms with Crippen LogP contribution in [0.15, 0.2) is 41.3 Å². The molecule has 0 bridgehead atoms. The molecule has 2 aromatic heterocycles. The molecule has 0 aliphatic heterocycles. The molecule has 3 aromatic rings. The number of carboxylic acid groups (broad SMARTS) is 1. The normalized spacial score (nSPS) is 11.0. The molecular weight excluding hydrogens is 251 g/mol. The highest BCUT2D eigenvalue weighted by Crippen LogP contribution is 2.13. The number of fused-ring (bicyclic) bond motifs is 2. The topological polar surface area (TPSA) is 71.7 Å². The van der Waals surface area contributed by atoms with Crippen molar-refractivity contribution in [1.29, 1.82) is 0 Å². The minimum Gasteiger partial charge on any atom is -0.478 e. The first-order valence-corrected chi connectivity index (χ1v) is 5.42. The van der Waals surface area contributed by atoms with E-state index in [0.29, 0.717) is 0 Å². The summed E-state index contributed by atoms with van der Waals surface area (Å²) in [5.74, 6) is -1.72. The van der Waals surface area contributed by atoms with Crippen molar-refractivity contribution in [3.63, 3.8) is 0 Å². The Morgan fingerprint density at radius 3 is 2.84 bits per heavy atom. The maximum Gasteiger partial charge on any atom is 0.339 e. The zero-order chi connectivity index (χ0) is 13.6. The van der Waals surface area contributed by atoms with Crippen molar-refractivity contribution in [3.8, 4) is 0 Å². The molecule has 0 aliphatic rings. The van der Waals surface area contributed by atoms with Gasteiger partial charge in [0.15, 0.2) is 5.65 Å². The molecule has 94 valence electrons. The second-order valence-electron chi connectivity index (χ2n) is 4.00. The van der Waals surface area contributed by atoms with Crippen LogP contribution in [0, 0.1) is 5.82 Å². The van der Waals surface area contributed by atoms with E-state index in [1.165, 1.54) is 30.5 Å². The van der Waals surface area contributed by atoms with Gasteiger partial charge in [-0.2, -0.15) is 0 Å².